The van der Waals surface area contributed by atoms with E-state index < -0.39 is 0 Å². The third kappa shape index (κ3) is 1.40. The molecule has 10 heavy (non-hydrogen) atoms. The molecule has 0 heterocycles. The van der Waals surface area contributed by atoms with Gasteiger partial charge in [-0.15, -0.1) is 6.58 Å². The lowest BCUT2D eigenvalue weighted by Crippen LogP contribution is -2.28. The summed E-state index contributed by atoms with van der Waals surface area (Å²) in [6.07, 6.45) is 5.24. The zero-order chi connectivity index (χ0) is 7.56. The van der Waals surface area contributed by atoms with Crippen LogP contribution in [0.15, 0.2) is 12.7 Å². The maximum atomic E-state index is 9.43. The quantitative estimate of drug-likeness (QED) is 0.552. The number of rotatable bonds is 1. The van der Waals surface area contributed by atoms with Gasteiger partial charge >= 0.3 is 0 Å². The first-order valence-electron chi connectivity index (χ1n) is 4.06. The monoisotopic (exact) mass is 140 g/mol. The van der Waals surface area contributed by atoms with E-state index in [1.54, 1.807) is 0 Å². The number of hydrogen-bond donors (Lipinski definition) is 1. The average Bonchev–Trinajstić information content (AvgIpc) is 1.95. The van der Waals surface area contributed by atoms with E-state index in [1.165, 1.54) is 6.42 Å². The maximum absolute atomic E-state index is 9.43. The summed E-state index contributed by atoms with van der Waals surface area (Å²) in [5, 5.41) is 9.43. The Balaban J connectivity index is 2.50. The molecule has 1 aliphatic rings. The summed E-state index contributed by atoms with van der Waals surface area (Å²) in [5.74, 6) is 0.968. The van der Waals surface area contributed by atoms with E-state index in [0.717, 1.165) is 12.8 Å². The van der Waals surface area contributed by atoms with Gasteiger partial charge in [0.25, 0.3) is 0 Å². The second kappa shape index (κ2) is 3.20. The molecule has 1 fully saturated rings. The molecule has 1 nitrogen and oxygen atoms in total. The van der Waals surface area contributed by atoms with Gasteiger partial charge in [0.2, 0.25) is 0 Å². The van der Waals surface area contributed by atoms with Crippen molar-refractivity contribution in [3.05, 3.63) is 12.7 Å². The minimum absolute atomic E-state index is 0.0863. The molecule has 0 aromatic heterocycles. The molecule has 0 aromatic rings. The second-order valence-electron chi connectivity index (χ2n) is 3.26. The molecule has 1 aliphatic carbocycles. The van der Waals surface area contributed by atoms with Crippen LogP contribution in [0.3, 0.4) is 0 Å². The first-order valence-corrected chi connectivity index (χ1v) is 4.06. The van der Waals surface area contributed by atoms with Gasteiger partial charge in [0, 0.05) is 0 Å². The fourth-order valence-corrected chi connectivity index (χ4v) is 1.71. The van der Waals surface area contributed by atoms with E-state index in [2.05, 4.69) is 13.5 Å². The van der Waals surface area contributed by atoms with E-state index >= 15 is 0 Å². The highest BCUT2D eigenvalue weighted by Gasteiger charge is 2.25. The molecule has 1 saturated carbocycles. The van der Waals surface area contributed by atoms with Crippen LogP contribution in [0.2, 0.25) is 0 Å². The maximum Gasteiger partial charge on any atom is 0.0571 e. The van der Waals surface area contributed by atoms with Crippen molar-refractivity contribution in [2.45, 2.75) is 32.3 Å². The van der Waals surface area contributed by atoms with Gasteiger partial charge in [-0.05, 0) is 24.7 Å². The summed E-state index contributed by atoms with van der Waals surface area (Å²) in [7, 11) is 0. The third-order valence-electron chi connectivity index (χ3n) is 2.62. The number of allylic oxidation sites excluding steroid dienone is 1. The van der Waals surface area contributed by atoms with Gasteiger partial charge in [0.15, 0.2) is 0 Å². The average molecular weight is 140 g/mol. The predicted octanol–water partition coefficient (Wildman–Crippen LogP) is 1.97. The largest absolute Gasteiger partial charge is 0.393 e. The van der Waals surface area contributed by atoms with E-state index in [1.807, 2.05) is 6.08 Å². The number of aliphatic hydroxyl groups excluding tert-OH is 1. The van der Waals surface area contributed by atoms with Crippen LogP contribution >= 0.6 is 0 Å². The zero-order valence-electron chi connectivity index (χ0n) is 6.59. The van der Waals surface area contributed by atoms with E-state index in [9.17, 15) is 5.11 Å². The zero-order valence-corrected chi connectivity index (χ0v) is 6.59. The first-order chi connectivity index (χ1) is 4.75. The fraction of sp³-hybridized carbons (Fsp3) is 0.778. The van der Waals surface area contributed by atoms with E-state index in [-0.39, 0.29) is 6.10 Å². The normalized spacial score (nSPS) is 41.2. The molecule has 0 radical (unpaired) electrons. The molecule has 0 aromatic carbocycles. The van der Waals surface area contributed by atoms with Gasteiger partial charge in [0.05, 0.1) is 6.10 Å². The Morgan fingerprint density at radius 2 is 2.20 bits per heavy atom. The summed E-state index contributed by atoms with van der Waals surface area (Å²) < 4.78 is 0. The molecular formula is C9H16O. The van der Waals surface area contributed by atoms with Gasteiger partial charge < -0.3 is 5.11 Å². The van der Waals surface area contributed by atoms with Crippen LogP contribution in [-0.2, 0) is 0 Å². The van der Waals surface area contributed by atoms with E-state index in [0.29, 0.717) is 11.8 Å². The van der Waals surface area contributed by atoms with Crippen LogP contribution in [0.1, 0.15) is 26.2 Å². The van der Waals surface area contributed by atoms with Crippen molar-refractivity contribution < 1.29 is 5.11 Å². The minimum Gasteiger partial charge on any atom is -0.393 e. The molecule has 3 atom stereocenters. The lowest BCUT2D eigenvalue weighted by Gasteiger charge is -2.30. The van der Waals surface area contributed by atoms with Crippen LogP contribution in [-0.4, -0.2) is 11.2 Å². The van der Waals surface area contributed by atoms with Gasteiger partial charge in [-0.25, -0.2) is 0 Å². The Labute approximate surface area is 62.8 Å². The number of aliphatic hydroxyl groups is 1. The molecule has 1 rings (SSSR count). The Bertz CT molecular complexity index is 120. The highest BCUT2D eigenvalue weighted by Crippen LogP contribution is 2.30. The highest BCUT2D eigenvalue weighted by molar-refractivity contribution is 4.89. The summed E-state index contributed by atoms with van der Waals surface area (Å²) in [5.41, 5.74) is 0. The molecule has 0 aliphatic heterocycles. The first kappa shape index (κ1) is 7.80. The van der Waals surface area contributed by atoms with Gasteiger partial charge in [-0.2, -0.15) is 0 Å². The van der Waals surface area contributed by atoms with Gasteiger partial charge in [0.1, 0.15) is 0 Å². The number of hydrogen-bond acceptors (Lipinski definition) is 1. The van der Waals surface area contributed by atoms with Gasteiger partial charge in [-0.3, -0.25) is 0 Å². The van der Waals surface area contributed by atoms with Crippen molar-refractivity contribution in [2.75, 3.05) is 0 Å². The highest BCUT2D eigenvalue weighted by atomic mass is 16.3. The lowest BCUT2D eigenvalue weighted by atomic mass is 9.79. The van der Waals surface area contributed by atoms with Crippen LogP contribution in [0.5, 0.6) is 0 Å². The lowest BCUT2D eigenvalue weighted by molar-refractivity contribution is 0.0571. The molecule has 0 unspecified atom stereocenters. The standard InChI is InChI=1S/C9H16O/c1-3-8-5-4-6-9(10)7(8)2/h3,7-10H,1,4-6H2,2H3/t7-,8+,9-/m1/s1. The Hall–Kier alpha value is -0.300. The molecule has 58 valence electrons. The van der Waals surface area contributed by atoms with Crippen LogP contribution in [0.25, 0.3) is 0 Å². The SMILES string of the molecule is C=C[C@H]1CCC[C@@H](O)[C@@H]1C. The molecule has 0 spiro atoms. The second-order valence-corrected chi connectivity index (χ2v) is 3.26. The van der Waals surface area contributed by atoms with Crippen LogP contribution < -0.4 is 0 Å². The van der Waals surface area contributed by atoms with Crippen molar-refractivity contribution in [1.82, 2.24) is 0 Å². The van der Waals surface area contributed by atoms with Crippen molar-refractivity contribution in [3.63, 3.8) is 0 Å². The Morgan fingerprint density at radius 3 is 2.70 bits per heavy atom. The van der Waals surface area contributed by atoms with Gasteiger partial charge in [-0.1, -0.05) is 19.4 Å². The molecule has 0 amide bonds. The molecular weight excluding hydrogens is 124 g/mol. The van der Waals surface area contributed by atoms with Crippen molar-refractivity contribution in [2.24, 2.45) is 11.8 Å². The summed E-state index contributed by atoms with van der Waals surface area (Å²) in [4.78, 5) is 0. The van der Waals surface area contributed by atoms with Crippen molar-refractivity contribution in [3.8, 4) is 0 Å². The molecule has 1 heteroatoms. The summed E-state index contributed by atoms with van der Waals surface area (Å²) in [6, 6.07) is 0. The van der Waals surface area contributed by atoms with Crippen LogP contribution in [0.4, 0.5) is 0 Å². The molecule has 1 N–H and O–H groups in total. The summed E-state index contributed by atoms with van der Waals surface area (Å²) in [6.45, 7) is 5.87. The third-order valence-corrected chi connectivity index (χ3v) is 2.62. The smallest absolute Gasteiger partial charge is 0.0571 e. The van der Waals surface area contributed by atoms with E-state index in [4.69, 9.17) is 0 Å². The topological polar surface area (TPSA) is 20.2 Å². The predicted molar refractivity (Wildman–Crippen MR) is 42.7 cm³/mol. The fourth-order valence-electron chi connectivity index (χ4n) is 1.71. The van der Waals surface area contributed by atoms with Crippen molar-refractivity contribution in [1.29, 1.82) is 0 Å². The molecule has 0 saturated heterocycles. The molecule has 0 bridgehead atoms. The van der Waals surface area contributed by atoms with Crippen molar-refractivity contribution >= 4 is 0 Å². The Morgan fingerprint density at radius 1 is 1.50 bits per heavy atom. The minimum atomic E-state index is -0.0863. The Kier molecular flexibility index (Phi) is 2.50. The van der Waals surface area contributed by atoms with Crippen LogP contribution in [0, 0.1) is 11.8 Å². The summed E-state index contributed by atoms with van der Waals surface area (Å²) >= 11 is 0.